The SMILES string of the molecule is CCCC(C)CC(O[C@@H]1O[C@H](CO)[C@@H](O)[C@H](O[C@@H]2O[C@H](CO)[C@H](O)[C@H](O)[C@H]2O)[C@H]1O[C@@H]1O[C@H](CO)[C@H](O)[C@H](O)[C@H]1O)C(O)CCCCCCCCCCCCCCCCCC(=O)CC(=O)NCCCCCN(C)C. The van der Waals surface area contributed by atoms with Crippen LogP contribution in [0.5, 0.6) is 0 Å². The van der Waals surface area contributed by atoms with Crippen LogP contribution in [0.25, 0.3) is 0 Å². The first kappa shape index (κ1) is 66.7. The summed E-state index contributed by atoms with van der Waals surface area (Å²) < 4.78 is 36.0. The van der Waals surface area contributed by atoms with E-state index in [4.69, 9.17) is 28.4 Å². The summed E-state index contributed by atoms with van der Waals surface area (Å²) in [5.41, 5.74) is 0. The van der Waals surface area contributed by atoms with Crippen molar-refractivity contribution in [3.05, 3.63) is 0 Å². The van der Waals surface area contributed by atoms with Gasteiger partial charge in [0.1, 0.15) is 79.0 Å². The van der Waals surface area contributed by atoms with Gasteiger partial charge in [-0.1, -0.05) is 123 Å². The van der Waals surface area contributed by atoms with E-state index < -0.39 is 124 Å². The summed E-state index contributed by atoms with van der Waals surface area (Å²) in [6, 6.07) is 0. The van der Waals surface area contributed by atoms with Crippen LogP contribution < -0.4 is 5.32 Å². The summed E-state index contributed by atoms with van der Waals surface area (Å²) in [7, 11) is 4.10. The van der Waals surface area contributed by atoms with Crippen molar-refractivity contribution in [1.29, 1.82) is 0 Å². The summed E-state index contributed by atoms with van der Waals surface area (Å²) in [5.74, 6) is -0.0745. The van der Waals surface area contributed by atoms with E-state index in [1.807, 2.05) is 27.9 Å². The number of unbranched alkanes of at least 4 members (excludes halogenated alkanes) is 16. The van der Waals surface area contributed by atoms with E-state index in [-0.39, 0.29) is 24.0 Å². The third-order valence-electron chi connectivity index (χ3n) is 14.6. The molecule has 3 saturated heterocycles. The maximum atomic E-state index is 12.2. The molecule has 21 heteroatoms. The van der Waals surface area contributed by atoms with Crippen LogP contribution in [-0.2, 0) is 38.0 Å². The number of aliphatic hydroxyl groups is 11. The predicted octanol–water partition coefficient (Wildman–Crippen LogP) is 1.45. The van der Waals surface area contributed by atoms with Crippen molar-refractivity contribution in [2.75, 3.05) is 47.0 Å². The van der Waals surface area contributed by atoms with Gasteiger partial charge in [0.2, 0.25) is 5.91 Å². The van der Waals surface area contributed by atoms with Crippen molar-refractivity contribution in [1.82, 2.24) is 10.2 Å². The number of ketones is 1. The first-order valence-corrected chi connectivity index (χ1v) is 28.1. The average molecular weight is 1070 g/mol. The fraction of sp³-hybridized carbons (Fsp3) is 0.962. The van der Waals surface area contributed by atoms with Crippen LogP contribution in [0.4, 0.5) is 0 Å². The Morgan fingerprint density at radius 3 is 1.49 bits per heavy atom. The lowest BCUT2D eigenvalue weighted by atomic mass is 9.93. The number of aliphatic hydroxyl groups excluding tert-OH is 11. The van der Waals surface area contributed by atoms with E-state index in [1.54, 1.807) is 0 Å². The molecule has 0 bridgehead atoms. The van der Waals surface area contributed by atoms with E-state index in [0.29, 0.717) is 32.2 Å². The summed E-state index contributed by atoms with van der Waals surface area (Å²) in [4.78, 5) is 26.4. The molecule has 3 fully saturated rings. The Labute approximate surface area is 440 Å². The second kappa shape index (κ2) is 37.3. The lowest BCUT2D eigenvalue weighted by Gasteiger charge is -2.49. The van der Waals surface area contributed by atoms with Crippen molar-refractivity contribution in [2.24, 2.45) is 5.92 Å². The number of Topliss-reactive ketones (excluding diaryl/α,β-unsaturated/α-hetero) is 1. The molecule has 0 spiro atoms. The minimum Gasteiger partial charge on any atom is -0.394 e. The van der Waals surface area contributed by atoms with E-state index in [1.165, 1.54) is 32.1 Å². The molecule has 12 N–H and O–H groups in total. The fourth-order valence-electron chi connectivity index (χ4n) is 10.1. The molecule has 21 nitrogen and oxygen atoms in total. The van der Waals surface area contributed by atoms with Gasteiger partial charge in [0.05, 0.1) is 38.4 Å². The number of rotatable bonds is 40. The molecule has 0 aliphatic carbocycles. The highest BCUT2D eigenvalue weighted by atomic mass is 16.8. The topological polar surface area (TPSA) is 327 Å². The van der Waals surface area contributed by atoms with Gasteiger partial charge in [-0.05, 0) is 58.7 Å². The monoisotopic (exact) mass is 1070 g/mol. The zero-order valence-electron chi connectivity index (χ0n) is 45.0. The molecular weight excluding hydrogens is 969 g/mol. The third kappa shape index (κ3) is 23.4. The molecule has 0 aromatic heterocycles. The van der Waals surface area contributed by atoms with Gasteiger partial charge in [0.15, 0.2) is 18.9 Å². The quantitative estimate of drug-likeness (QED) is 0.0305. The summed E-state index contributed by atoms with van der Waals surface area (Å²) in [6.07, 6.45) is -5.56. The Kier molecular flexibility index (Phi) is 33.6. The Hall–Kier alpha value is -1.58. The lowest BCUT2D eigenvalue weighted by Crippen LogP contribution is -2.67. The van der Waals surface area contributed by atoms with Crippen molar-refractivity contribution in [3.8, 4) is 0 Å². The molecule has 1 amide bonds. The van der Waals surface area contributed by atoms with Crippen molar-refractivity contribution in [2.45, 2.75) is 272 Å². The third-order valence-corrected chi connectivity index (χ3v) is 14.6. The molecule has 436 valence electrons. The fourth-order valence-corrected chi connectivity index (χ4v) is 10.1. The van der Waals surface area contributed by atoms with Gasteiger partial charge in [-0.2, -0.15) is 0 Å². The van der Waals surface area contributed by atoms with E-state index in [9.17, 15) is 65.8 Å². The van der Waals surface area contributed by atoms with Crippen molar-refractivity contribution >= 4 is 11.7 Å². The highest BCUT2D eigenvalue weighted by Crippen LogP contribution is 2.36. The van der Waals surface area contributed by atoms with E-state index >= 15 is 0 Å². The second-order valence-corrected chi connectivity index (χ2v) is 21.5. The zero-order chi connectivity index (χ0) is 54.6. The van der Waals surface area contributed by atoms with Gasteiger partial charge in [0, 0.05) is 13.0 Å². The van der Waals surface area contributed by atoms with Crippen LogP contribution in [0, 0.1) is 5.92 Å². The molecule has 0 saturated carbocycles. The van der Waals surface area contributed by atoms with E-state index in [0.717, 1.165) is 96.4 Å². The number of hydrogen-bond donors (Lipinski definition) is 12. The molecule has 3 unspecified atom stereocenters. The predicted molar refractivity (Wildman–Crippen MR) is 272 cm³/mol. The summed E-state index contributed by atoms with van der Waals surface area (Å²) in [5, 5.41) is 120. The minimum atomic E-state index is -1.92. The highest BCUT2D eigenvalue weighted by molar-refractivity contribution is 5.97. The first-order chi connectivity index (χ1) is 35.5. The molecule has 3 aliphatic heterocycles. The highest BCUT2D eigenvalue weighted by Gasteiger charge is 2.55. The number of hydrogen-bond acceptors (Lipinski definition) is 20. The molecule has 3 aliphatic rings. The smallest absolute Gasteiger partial charge is 0.227 e. The molecule has 18 atom stereocenters. The van der Waals surface area contributed by atoms with Crippen LogP contribution in [0.2, 0.25) is 0 Å². The molecule has 0 aromatic rings. The standard InChI is InChI=1S/C53H100N2O19/c1-5-24-34(2)29-37(36(60)26-21-18-16-14-12-10-8-6-7-9-11-13-15-17-20-25-35(59)30-41(61)54-27-22-19-23-28-55(3)4)69-53-50(74-52-48(68)46(66)43(63)39(32-57)71-52)49(44(64)40(33-58)72-53)73-51-47(67)45(65)42(62)38(31-56)70-51/h34,36-40,42-53,56-58,60,62-68H,5-33H2,1-4H3,(H,54,61)/t34?,36?,37?,38-,39-,40-,42+,43+,44-,45+,46+,47-,48-,49+,50-,51+,52+,53-/m1/s1. The maximum Gasteiger partial charge on any atom is 0.227 e. The van der Waals surface area contributed by atoms with Gasteiger partial charge in [-0.3, -0.25) is 9.59 Å². The van der Waals surface area contributed by atoms with Crippen molar-refractivity contribution in [3.63, 3.8) is 0 Å². The Balaban J connectivity index is 1.46. The Morgan fingerprint density at radius 2 is 1.00 bits per heavy atom. The van der Waals surface area contributed by atoms with Gasteiger partial charge < -0.3 is 94.8 Å². The molecule has 0 radical (unpaired) electrons. The van der Waals surface area contributed by atoms with Crippen molar-refractivity contribution < 1.29 is 94.2 Å². The molecular formula is C53H100N2O19. The van der Waals surface area contributed by atoms with Crippen LogP contribution in [0.1, 0.15) is 168 Å². The van der Waals surface area contributed by atoms with Crippen LogP contribution >= 0.6 is 0 Å². The lowest BCUT2D eigenvalue weighted by molar-refractivity contribution is -0.397. The number of ether oxygens (including phenoxy) is 6. The molecule has 0 aromatic carbocycles. The zero-order valence-corrected chi connectivity index (χ0v) is 45.0. The molecule has 74 heavy (non-hydrogen) atoms. The van der Waals surface area contributed by atoms with Gasteiger partial charge >= 0.3 is 0 Å². The number of amides is 1. The minimum absolute atomic E-state index is 0.0122. The number of nitrogens with zero attached hydrogens (tertiary/aromatic N) is 1. The van der Waals surface area contributed by atoms with Gasteiger partial charge in [0.25, 0.3) is 0 Å². The number of carbonyl (C=O) groups is 2. The van der Waals surface area contributed by atoms with Crippen LogP contribution in [-0.4, -0.2) is 224 Å². The largest absolute Gasteiger partial charge is 0.394 e. The maximum absolute atomic E-state index is 12.2. The van der Waals surface area contributed by atoms with Gasteiger partial charge in [-0.25, -0.2) is 0 Å². The molecule has 3 heterocycles. The van der Waals surface area contributed by atoms with E-state index in [2.05, 4.69) is 10.2 Å². The number of nitrogens with one attached hydrogen (secondary N) is 1. The Morgan fingerprint density at radius 1 is 0.554 bits per heavy atom. The number of carbonyl (C=O) groups excluding carboxylic acids is 2. The van der Waals surface area contributed by atoms with Crippen LogP contribution in [0.3, 0.4) is 0 Å². The van der Waals surface area contributed by atoms with Crippen LogP contribution in [0.15, 0.2) is 0 Å². The average Bonchev–Trinajstić information content (AvgIpc) is 3.37. The summed E-state index contributed by atoms with van der Waals surface area (Å²) >= 11 is 0. The second-order valence-electron chi connectivity index (χ2n) is 21.5. The van der Waals surface area contributed by atoms with Gasteiger partial charge in [-0.15, -0.1) is 0 Å². The molecule has 3 rings (SSSR count). The summed E-state index contributed by atoms with van der Waals surface area (Å²) in [6.45, 7) is 3.37. The Bertz CT molecular complexity index is 1470. The normalized spacial score (nSPS) is 31.9. The first-order valence-electron chi connectivity index (χ1n) is 28.1.